The van der Waals surface area contributed by atoms with Crippen molar-refractivity contribution in [3.8, 4) is 5.75 Å². The van der Waals surface area contributed by atoms with Crippen molar-refractivity contribution in [2.75, 3.05) is 17.7 Å². The third-order valence-electron chi connectivity index (χ3n) is 2.23. The van der Waals surface area contributed by atoms with Crippen LogP contribution in [0.25, 0.3) is 0 Å². The van der Waals surface area contributed by atoms with Crippen molar-refractivity contribution >= 4 is 11.4 Å². The SMILES string of the molecule is CCOc1cc(NCc2nn[nH]n2)c(N)cc1F. The number of nitrogen functional groups attached to an aromatic ring is 1. The Bertz CT molecular complexity index is 515. The molecule has 2 rings (SSSR count). The zero-order valence-electron chi connectivity index (χ0n) is 9.77. The van der Waals surface area contributed by atoms with Crippen molar-refractivity contribution in [1.82, 2.24) is 20.6 Å². The zero-order chi connectivity index (χ0) is 13.0. The van der Waals surface area contributed by atoms with Gasteiger partial charge in [0.15, 0.2) is 17.4 Å². The van der Waals surface area contributed by atoms with Gasteiger partial charge in [0.05, 0.1) is 24.5 Å². The number of nitrogens with two attached hydrogens (primary N) is 1. The van der Waals surface area contributed by atoms with E-state index in [0.717, 1.165) is 0 Å². The summed E-state index contributed by atoms with van der Waals surface area (Å²) in [6.45, 7) is 2.49. The monoisotopic (exact) mass is 252 g/mol. The van der Waals surface area contributed by atoms with Gasteiger partial charge in [0.25, 0.3) is 0 Å². The van der Waals surface area contributed by atoms with Crippen molar-refractivity contribution in [3.63, 3.8) is 0 Å². The molecule has 8 heteroatoms. The number of hydrogen-bond donors (Lipinski definition) is 3. The van der Waals surface area contributed by atoms with Crippen molar-refractivity contribution < 1.29 is 9.13 Å². The number of tetrazole rings is 1. The first-order chi connectivity index (χ1) is 8.70. The minimum absolute atomic E-state index is 0.155. The van der Waals surface area contributed by atoms with Gasteiger partial charge in [-0.15, -0.1) is 10.2 Å². The Morgan fingerprint density at radius 1 is 1.50 bits per heavy atom. The van der Waals surface area contributed by atoms with Crippen molar-refractivity contribution in [2.24, 2.45) is 0 Å². The van der Waals surface area contributed by atoms with E-state index in [1.165, 1.54) is 12.1 Å². The molecule has 1 aromatic carbocycles. The molecule has 0 spiro atoms. The average molecular weight is 252 g/mol. The molecule has 0 fully saturated rings. The maximum absolute atomic E-state index is 13.5. The summed E-state index contributed by atoms with van der Waals surface area (Å²) in [4.78, 5) is 0. The number of anilines is 2. The van der Waals surface area contributed by atoms with Crippen molar-refractivity contribution in [1.29, 1.82) is 0 Å². The highest BCUT2D eigenvalue weighted by Gasteiger charge is 2.09. The van der Waals surface area contributed by atoms with Gasteiger partial charge >= 0.3 is 0 Å². The molecule has 0 unspecified atom stereocenters. The third kappa shape index (κ3) is 2.65. The maximum atomic E-state index is 13.5. The standard InChI is InChI=1S/C10H13FN6O/c1-2-18-9-4-8(7(12)3-6(9)11)13-5-10-14-16-17-15-10/h3-4,13H,2,5,12H2,1H3,(H,14,15,16,17). The first kappa shape index (κ1) is 12.1. The lowest BCUT2D eigenvalue weighted by molar-refractivity contribution is 0.322. The summed E-state index contributed by atoms with van der Waals surface area (Å²) in [6.07, 6.45) is 0. The molecule has 1 aromatic heterocycles. The van der Waals surface area contributed by atoms with E-state index >= 15 is 0 Å². The number of H-pyrrole nitrogens is 1. The van der Waals surface area contributed by atoms with E-state index in [1.807, 2.05) is 0 Å². The summed E-state index contributed by atoms with van der Waals surface area (Å²) >= 11 is 0. The van der Waals surface area contributed by atoms with Crippen LogP contribution >= 0.6 is 0 Å². The third-order valence-corrected chi connectivity index (χ3v) is 2.23. The van der Waals surface area contributed by atoms with Gasteiger partial charge in [0.1, 0.15) is 0 Å². The molecule has 0 amide bonds. The molecule has 4 N–H and O–H groups in total. The second kappa shape index (κ2) is 5.30. The lowest BCUT2D eigenvalue weighted by Crippen LogP contribution is -2.05. The van der Waals surface area contributed by atoms with Gasteiger partial charge in [-0.1, -0.05) is 5.21 Å². The van der Waals surface area contributed by atoms with Crippen LogP contribution in [0.15, 0.2) is 12.1 Å². The molecule has 0 atom stereocenters. The number of nitrogens with one attached hydrogen (secondary N) is 2. The van der Waals surface area contributed by atoms with E-state index in [-0.39, 0.29) is 5.75 Å². The Morgan fingerprint density at radius 2 is 2.33 bits per heavy atom. The minimum Gasteiger partial charge on any atom is -0.491 e. The fraction of sp³-hybridized carbons (Fsp3) is 0.300. The van der Waals surface area contributed by atoms with Gasteiger partial charge < -0.3 is 15.8 Å². The van der Waals surface area contributed by atoms with Crippen LogP contribution in [0.5, 0.6) is 5.75 Å². The Hall–Kier alpha value is -2.38. The number of aromatic nitrogens is 4. The highest BCUT2D eigenvalue weighted by Crippen LogP contribution is 2.28. The Morgan fingerprint density at radius 3 is 3.00 bits per heavy atom. The van der Waals surface area contributed by atoms with Gasteiger partial charge in [0.2, 0.25) is 0 Å². The topological polar surface area (TPSA) is 102 Å². The number of nitrogens with zero attached hydrogens (tertiary/aromatic N) is 3. The lowest BCUT2D eigenvalue weighted by Gasteiger charge is -2.11. The summed E-state index contributed by atoms with van der Waals surface area (Å²) in [6, 6.07) is 2.72. The molecule has 0 saturated heterocycles. The molecule has 0 saturated carbocycles. The number of benzene rings is 1. The molecule has 0 aliphatic heterocycles. The van der Waals surface area contributed by atoms with Crippen LogP contribution in [-0.4, -0.2) is 27.2 Å². The lowest BCUT2D eigenvalue weighted by atomic mass is 10.2. The maximum Gasteiger partial charge on any atom is 0.193 e. The number of halogens is 1. The molecule has 0 aliphatic rings. The van der Waals surface area contributed by atoms with Crippen LogP contribution in [0.3, 0.4) is 0 Å². The average Bonchev–Trinajstić information content (AvgIpc) is 2.84. The second-order valence-electron chi connectivity index (χ2n) is 3.48. The predicted molar refractivity (Wildman–Crippen MR) is 63.5 cm³/mol. The van der Waals surface area contributed by atoms with Crippen LogP contribution in [0.2, 0.25) is 0 Å². The Labute approximate surface area is 103 Å². The van der Waals surface area contributed by atoms with E-state index in [4.69, 9.17) is 10.5 Å². The van der Waals surface area contributed by atoms with Crippen LogP contribution < -0.4 is 15.8 Å². The van der Waals surface area contributed by atoms with Gasteiger partial charge in [-0.05, 0) is 6.92 Å². The Kier molecular flexibility index (Phi) is 3.56. The smallest absolute Gasteiger partial charge is 0.193 e. The van der Waals surface area contributed by atoms with E-state index in [2.05, 4.69) is 25.9 Å². The summed E-state index contributed by atoms with van der Waals surface area (Å²) in [5.74, 6) is 0.151. The Balaban J connectivity index is 2.13. The zero-order valence-corrected chi connectivity index (χ0v) is 9.77. The second-order valence-corrected chi connectivity index (χ2v) is 3.48. The predicted octanol–water partition coefficient (Wildman–Crippen LogP) is 0.932. The quantitative estimate of drug-likeness (QED) is 0.684. The van der Waals surface area contributed by atoms with Crippen LogP contribution in [0.1, 0.15) is 12.7 Å². The molecular weight excluding hydrogens is 239 g/mol. The highest BCUT2D eigenvalue weighted by molar-refractivity contribution is 5.68. The normalized spacial score (nSPS) is 10.3. The molecule has 7 nitrogen and oxygen atoms in total. The van der Waals surface area contributed by atoms with E-state index in [1.54, 1.807) is 6.92 Å². The van der Waals surface area contributed by atoms with Crippen molar-refractivity contribution in [3.05, 3.63) is 23.8 Å². The summed E-state index contributed by atoms with van der Waals surface area (Å²) in [7, 11) is 0. The molecule has 0 radical (unpaired) electrons. The first-order valence-electron chi connectivity index (χ1n) is 5.38. The van der Waals surface area contributed by atoms with Gasteiger partial charge in [0, 0.05) is 12.1 Å². The van der Waals surface area contributed by atoms with Crippen LogP contribution in [0, 0.1) is 5.82 Å². The van der Waals surface area contributed by atoms with Gasteiger partial charge in [-0.25, -0.2) is 4.39 Å². The summed E-state index contributed by atoms with van der Waals surface area (Å²) in [5, 5.41) is 16.3. The first-order valence-corrected chi connectivity index (χ1v) is 5.38. The highest BCUT2D eigenvalue weighted by atomic mass is 19.1. The molecule has 1 heterocycles. The molecular formula is C10H13FN6O. The van der Waals surface area contributed by atoms with E-state index in [0.29, 0.717) is 30.4 Å². The summed E-state index contributed by atoms with van der Waals surface area (Å²) in [5.41, 5.74) is 6.55. The molecule has 0 aliphatic carbocycles. The fourth-order valence-corrected chi connectivity index (χ4v) is 1.42. The minimum atomic E-state index is -0.487. The summed E-state index contributed by atoms with van der Waals surface area (Å²) < 4.78 is 18.6. The number of rotatable bonds is 5. The van der Waals surface area contributed by atoms with Crippen LogP contribution in [-0.2, 0) is 6.54 Å². The van der Waals surface area contributed by atoms with Gasteiger partial charge in [-0.2, -0.15) is 5.21 Å². The number of aromatic amines is 1. The molecule has 18 heavy (non-hydrogen) atoms. The molecule has 2 aromatic rings. The van der Waals surface area contributed by atoms with Crippen LogP contribution in [0.4, 0.5) is 15.8 Å². The molecule has 96 valence electrons. The van der Waals surface area contributed by atoms with E-state index in [9.17, 15) is 4.39 Å². The molecule has 0 bridgehead atoms. The van der Waals surface area contributed by atoms with Crippen molar-refractivity contribution in [2.45, 2.75) is 13.5 Å². The van der Waals surface area contributed by atoms with E-state index < -0.39 is 5.82 Å². The van der Waals surface area contributed by atoms with Gasteiger partial charge in [-0.3, -0.25) is 0 Å². The largest absolute Gasteiger partial charge is 0.491 e. The number of hydrogen-bond acceptors (Lipinski definition) is 6. The number of ether oxygens (including phenoxy) is 1. The fourth-order valence-electron chi connectivity index (χ4n) is 1.42.